The minimum Gasteiger partial charge on any atom is -0.494 e. The molecule has 1 N–H and O–H groups in total. The van der Waals surface area contributed by atoms with E-state index in [1.165, 1.54) is 5.56 Å². The van der Waals surface area contributed by atoms with Crippen molar-refractivity contribution in [1.82, 2.24) is 0 Å². The van der Waals surface area contributed by atoms with Gasteiger partial charge in [0.15, 0.2) is 0 Å². The van der Waals surface area contributed by atoms with E-state index in [0.717, 1.165) is 18.6 Å². The van der Waals surface area contributed by atoms with Crippen LogP contribution in [0.15, 0.2) is 59.7 Å². The maximum Gasteiger partial charge on any atom is 0.237 e. The first kappa shape index (κ1) is 16.1. The Labute approximate surface area is 135 Å². The van der Waals surface area contributed by atoms with Crippen LogP contribution in [0.1, 0.15) is 12.0 Å². The number of anilines is 1. The number of nitriles is 2. The van der Waals surface area contributed by atoms with E-state index in [1.54, 1.807) is 24.3 Å². The quantitative estimate of drug-likeness (QED) is 0.482. The Balaban J connectivity index is 1.76. The van der Waals surface area contributed by atoms with Gasteiger partial charge in [0.2, 0.25) is 5.71 Å². The highest BCUT2D eigenvalue weighted by molar-refractivity contribution is 6.10. The number of nitrogens with one attached hydrogen (secondary N) is 1. The molecule has 0 fully saturated rings. The number of benzene rings is 2. The Morgan fingerprint density at radius 2 is 1.70 bits per heavy atom. The van der Waals surface area contributed by atoms with Crippen LogP contribution in [0.25, 0.3) is 0 Å². The van der Waals surface area contributed by atoms with E-state index in [1.807, 2.05) is 30.3 Å². The monoisotopic (exact) mass is 304 g/mol. The third kappa shape index (κ3) is 5.53. The number of aryl methyl sites for hydroxylation is 1. The molecule has 0 radical (unpaired) electrons. The minimum atomic E-state index is -0.216. The zero-order chi connectivity index (χ0) is 16.3. The van der Waals surface area contributed by atoms with Gasteiger partial charge in [0.25, 0.3) is 0 Å². The van der Waals surface area contributed by atoms with E-state index in [0.29, 0.717) is 12.3 Å². The standard InChI is InChI=1S/C18H16N4O/c19-13-17(14-20)22-21-16-8-10-18(11-9-16)23-12-4-7-15-5-2-1-3-6-15/h1-3,5-6,8-11,21H,4,7,12H2. The molecule has 0 bridgehead atoms. The fourth-order valence-electron chi connectivity index (χ4n) is 1.93. The molecule has 0 atom stereocenters. The van der Waals surface area contributed by atoms with Gasteiger partial charge in [0, 0.05) is 0 Å². The van der Waals surface area contributed by atoms with Crippen LogP contribution in [0, 0.1) is 22.7 Å². The second-order valence-electron chi connectivity index (χ2n) is 4.76. The molecule has 0 saturated heterocycles. The molecule has 0 amide bonds. The van der Waals surface area contributed by atoms with Crippen molar-refractivity contribution in [3.05, 3.63) is 60.2 Å². The van der Waals surface area contributed by atoms with Gasteiger partial charge >= 0.3 is 0 Å². The van der Waals surface area contributed by atoms with Crippen molar-refractivity contribution in [3.8, 4) is 17.9 Å². The summed E-state index contributed by atoms with van der Waals surface area (Å²) in [5.41, 5.74) is 4.42. The zero-order valence-electron chi connectivity index (χ0n) is 12.6. The average molecular weight is 304 g/mol. The van der Waals surface area contributed by atoms with Gasteiger partial charge in [0.05, 0.1) is 12.3 Å². The van der Waals surface area contributed by atoms with Crippen LogP contribution in [-0.2, 0) is 6.42 Å². The van der Waals surface area contributed by atoms with Gasteiger partial charge in [-0.25, -0.2) is 0 Å². The third-order valence-corrected chi connectivity index (χ3v) is 3.08. The van der Waals surface area contributed by atoms with E-state index >= 15 is 0 Å². The number of hydrogen-bond donors (Lipinski definition) is 1. The summed E-state index contributed by atoms with van der Waals surface area (Å²) in [6, 6.07) is 20.9. The van der Waals surface area contributed by atoms with Crippen LogP contribution in [-0.4, -0.2) is 12.3 Å². The lowest BCUT2D eigenvalue weighted by atomic mass is 10.1. The van der Waals surface area contributed by atoms with E-state index < -0.39 is 0 Å². The highest BCUT2D eigenvalue weighted by atomic mass is 16.5. The van der Waals surface area contributed by atoms with Gasteiger partial charge in [-0.2, -0.15) is 15.6 Å². The van der Waals surface area contributed by atoms with Gasteiger partial charge in [-0.1, -0.05) is 30.3 Å². The Bertz CT molecular complexity index is 708. The molecule has 114 valence electrons. The van der Waals surface area contributed by atoms with Crippen LogP contribution in [0.2, 0.25) is 0 Å². The normalized spacial score (nSPS) is 9.30. The molecule has 5 nitrogen and oxygen atoms in total. The maximum atomic E-state index is 8.59. The number of hydrazone groups is 1. The van der Waals surface area contributed by atoms with Gasteiger partial charge in [-0.3, -0.25) is 5.43 Å². The fourth-order valence-corrected chi connectivity index (χ4v) is 1.93. The summed E-state index contributed by atoms with van der Waals surface area (Å²) in [5.74, 6) is 0.772. The first-order chi connectivity index (χ1) is 11.3. The van der Waals surface area contributed by atoms with Gasteiger partial charge in [0.1, 0.15) is 17.9 Å². The van der Waals surface area contributed by atoms with Crippen molar-refractivity contribution < 1.29 is 4.74 Å². The Morgan fingerprint density at radius 1 is 1.00 bits per heavy atom. The number of nitrogens with zero attached hydrogens (tertiary/aromatic N) is 3. The van der Waals surface area contributed by atoms with E-state index in [4.69, 9.17) is 15.3 Å². The van der Waals surface area contributed by atoms with Crippen molar-refractivity contribution in [2.24, 2.45) is 5.10 Å². The highest BCUT2D eigenvalue weighted by Crippen LogP contribution is 2.16. The molecule has 2 rings (SSSR count). The smallest absolute Gasteiger partial charge is 0.237 e. The number of ether oxygens (including phenoxy) is 1. The number of hydrogen-bond acceptors (Lipinski definition) is 5. The van der Waals surface area contributed by atoms with Crippen LogP contribution in [0.5, 0.6) is 5.75 Å². The van der Waals surface area contributed by atoms with Crippen LogP contribution >= 0.6 is 0 Å². The van der Waals surface area contributed by atoms with Gasteiger partial charge in [-0.05, 0) is 42.7 Å². The minimum absolute atomic E-state index is 0.216. The van der Waals surface area contributed by atoms with Gasteiger partial charge in [-0.15, -0.1) is 0 Å². The van der Waals surface area contributed by atoms with Crippen LogP contribution < -0.4 is 10.2 Å². The molecular formula is C18H16N4O. The van der Waals surface area contributed by atoms with Crippen molar-refractivity contribution in [1.29, 1.82) is 10.5 Å². The molecule has 0 unspecified atom stereocenters. The summed E-state index contributed by atoms with van der Waals surface area (Å²) in [6.45, 7) is 0.646. The van der Waals surface area contributed by atoms with Crippen LogP contribution in [0.4, 0.5) is 5.69 Å². The molecule has 0 aliphatic rings. The SMILES string of the molecule is N#CC(C#N)=NNc1ccc(OCCCc2ccccc2)cc1. The van der Waals surface area contributed by atoms with Crippen molar-refractivity contribution in [2.75, 3.05) is 12.0 Å². The summed E-state index contributed by atoms with van der Waals surface area (Å²) in [4.78, 5) is 0. The second kappa shape index (κ2) is 8.86. The highest BCUT2D eigenvalue weighted by Gasteiger charge is 1.97. The topological polar surface area (TPSA) is 81.2 Å². The summed E-state index contributed by atoms with van der Waals surface area (Å²) in [5, 5.41) is 20.8. The molecule has 0 heterocycles. The van der Waals surface area contributed by atoms with Crippen molar-refractivity contribution in [3.63, 3.8) is 0 Å². The Morgan fingerprint density at radius 3 is 2.35 bits per heavy atom. The lowest BCUT2D eigenvalue weighted by Crippen LogP contribution is -2.00. The van der Waals surface area contributed by atoms with Gasteiger partial charge < -0.3 is 4.74 Å². The summed E-state index contributed by atoms with van der Waals surface area (Å²) < 4.78 is 5.68. The summed E-state index contributed by atoms with van der Waals surface area (Å²) in [6.07, 6.45) is 1.93. The lowest BCUT2D eigenvalue weighted by Gasteiger charge is -2.07. The first-order valence-electron chi connectivity index (χ1n) is 7.22. The predicted molar refractivity (Wildman–Crippen MR) is 89.0 cm³/mol. The molecule has 0 spiro atoms. The lowest BCUT2D eigenvalue weighted by molar-refractivity contribution is 0.311. The van der Waals surface area contributed by atoms with Crippen LogP contribution in [0.3, 0.4) is 0 Å². The fraction of sp³-hybridized carbons (Fsp3) is 0.167. The molecule has 0 aliphatic carbocycles. The zero-order valence-corrected chi connectivity index (χ0v) is 12.6. The molecule has 5 heteroatoms. The van der Waals surface area contributed by atoms with E-state index in [9.17, 15) is 0 Å². The van der Waals surface area contributed by atoms with Crippen molar-refractivity contribution in [2.45, 2.75) is 12.8 Å². The Kier molecular flexibility index (Phi) is 6.19. The average Bonchev–Trinajstić information content (AvgIpc) is 2.61. The molecular weight excluding hydrogens is 288 g/mol. The summed E-state index contributed by atoms with van der Waals surface area (Å²) >= 11 is 0. The van der Waals surface area contributed by atoms with Crippen molar-refractivity contribution >= 4 is 11.4 Å². The molecule has 0 saturated carbocycles. The molecule has 2 aromatic rings. The van der Waals surface area contributed by atoms with E-state index in [2.05, 4.69) is 22.7 Å². The predicted octanol–water partition coefficient (Wildman–Crippen LogP) is 3.51. The molecule has 0 aromatic heterocycles. The Hall–Kier alpha value is -3.31. The first-order valence-corrected chi connectivity index (χ1v) is 7.22. The molecule has 0 aliphatic heterocycles. The largest absolute Gasteiger partial charge is 0.494 e. The third-order valence-electron chi connectivity index (χ3n) is 3.08. The second-order valence-corrected chi connectivity index (χ2v) is 4.76. The molecule has 23 heavy (non-hydrogen) atoms. The van der Waals surface area contributed by atoms with E-state index in [-0.39, 0.29) is 5.71 Å². The maximum absolute atomic E-state index is 8.59. The molecule has 2 aromatic carbocycles. The summed E-state index contributed by atoms with van der Waals surface area (Å²) in [7, 11) is 0. The number of rotatable bonds is 7.